The van der Waals surface area contributed by atoms with Crippen LogP contribution in [0.4, 0.5) is 0 Å². The van der Waals surface area contributed by atoms with Gasteiger partial charge in [-0.15, -0.1) is 0 Å². The summed E-state index contributed by atoms with van der Waals surface area (Å²) in [5, 5.41) is 20.8. The molecule has 0 spiro atoms. The maximum absolute atomic E-state index is 11.6. The summed E-state index contributed by atoms with van der Waals surface area (Å²) < 4.78 is 11.5. The number of ether oxygens (including phenoxy) is 2. The van der Waals surface area contributed by atoms with Crippen LogP contribution < -0.4 is 9.92 Å². The summed E-state index contributed by atoms with van der Waals surface area (Å²) >= 11 is 0. The first-order valence-electron chi connectivity index (χ1n) is 12.0. The third-order valence-electron chi connectivity index (χ3n) is 5.98. The SMILES string of the molecule is CC(C)(C)c1cc(OC[Si](C)(C)c2ccc(COC(=O)CCC(=O)O)cc2)cc(C(C)(C)C)c1O. The molecular weight excluding hydrogens is 460 g/mol. The molecule has 2 N–H and O–H groups in total. The Morgan fingerprint density at radius 1 is 0.886 bits per heavy atom. The first-order chi connectivity index (χ1) is 16.0. The number of carboxylic acids is 1. The maximum Gasteiger partial charge on any atom is 0.306 e. The Morgan fingerprint density at radius 3 is 1.86 bits per heavy atom. The van der Waals surface area contributed by atoms with Crippen LogP contribution in [0.1, 0.15) is 71.1 Å². The van der Waals surface area contributed by atoms with Gasteiger partial charge in [-0.3, -0.25) is 9.59 Å². The van der Waals surface area contributed by atoms with Gasteiger partial charge in [0, 0.05) is 11.1 Å². The molecule has 0 aliphatic carbocycles. The van der Waals surface area contributed by atoms with Crippen molar-refractivity contribution in [3.05, 3.63) is 53.1 Å². The van der Waals surface area contributed by atoms with Crippen molar-refractivity contribution in [2.45, 2.75) is 84.9 Å². The molecule has 0 atom stereocenters. The fraction of sp³-hybridized carbons (Fsp3) is 0.500. The van der Waals surface area contributed by atoms with Gasteiger partial charge in [0.1, 0.15) is 26.2 Å². The Morgan fingerprint density at radius 2 is 1.40 bits per heavy atom. The van der Waals surface area contributed by atoms with Gasteiger partial charge in [0.05, 0.1) is 19.1 Å². The van der Waals surface area contributed by atoms with Crippen LogP contribution in [0.5, 0.6) is 11.5 Å². The normalized spacial score (nSPS) is 12.3. The Kier molecular flexibility index (Phi) is 8.82. The van der Waals surface area contributed by atoms with E-state index in [2.05, 4.69) is 54.6 Å². The number of hydrogen-bond acceptors (Lipinski definition) is 5. The van der Waals surface area contributed by atoms with Gasteiger partial charge in [-0.2, -0.15) is 0 Å². The number of aromatic hydroxyl groups is 1. The number of aliphatic carboxylic acids is 1. The minimum Gasteiger partial charge on any atom is -0.507 e. The molecule has 2 rings (SSSR count). The quantitative estimate of drug-likeness (QED) is 0.352. The third kappa shape index (κ3) is 8.13. The molecule has 2 aromatic carbocycles. The lowest BCUT2D eigenvalue weighted by Crippen LogP contribution is -2.47. The lowest BCUT2D eigenvalue weighted by Gasteiger charge is -2.29. The average Bonchev–Trinajstić information content (AvgIpc) is 2.74. The number of rotatable bonds is 9. The molecule has 35 heavy (non-hydrogen) atoms. The van der Waals surface area contributed by atoms with Crippen LogP contribution in [-0.2, 0) is 31.8 Å². The van der Waals surface area contributed by atoms with Gasteiger partial charge in [0.2, 0.25) is 0 Å². The average molecular weight is 501 g/mol. The van der Waals surface area contributed by atoms with Crippen LogP contribution >= 0.6 is 0 Å². The van der Waals surface area contributed by atoms with E-state index in [1.165, 1.54) is 5.19 Å². The van der Waals surface area contributed by atoms with E-state index in [0.29, 0.717) is 12.0 Å². The molecule has 0 heterocycles. The van der Waals surface area contributed by atoms with Gasteiger partial charge in [-0.25, -0.2) is 0 Å². The van der Waals surface area contributed by atoms with Gasteiger partial charge in [-0.1, -0.05) is 84.1 Å². The van der Waals surface area contributed by atoms with E-state index in [9.17, 15) is 14.7 Å². The zero-order valence-corrected chi connectivity index (χ0v) is 23.3. The van der Waals surface area contributed by atoms with E-state index in [0.717, 1.165) is 22.4 Å². The van der Waals surface area contributed by atoms with E-state index >= 15 is 0 Å². The van der Waals surface area contributed by atoms with Crippen molar-refractivity contribution in [1.82, 2.24) is 0 Å². The zero-order chi connectivity index (χ0) is 26.6. The van der Waals surface area contributed by atoms with E-state index < -0.39 is 20.0 Å². The first kappa shape index (κ1) is 28.4. The van der Waals surface area contributed by atoms with Crippen LogP contribution in [0.15, 0.2) is 36.4 Å². The number of phenolic OH excluding ortho intramolecular Hbond substituents is 1. The van der Waals surface area contributed by atoms with Crippen molar-refractivity contribution in [1.29, 1.82) is 0 Å². The molecular formula is C28H40O6Si. The highest BCUT2D eigenvalue weighted by Gasteiger charge is 2.29. The molecule has 0 aliphatic rings. The van der Waals surface area contributed by atoms with Crippen LogP contribution in [0, 0.1) is 0 Å². The number of benzene rings is 2. The molecule has 6 nitrogen and oxygen atoms in total. The van der Waals surface area contributed by atoms with Crippen molar-refractivity contribution in [3.63, 3.8) is 0 Å². The minimum atomic E-state index is -1.95. The van der Waals surface area contributed by atoms with Crippen molar-refractivity contribution in [2.24, 2.45) is 0 Å². The van der Waals surface area contributed by atoms with E-state index in [1.54, 1.807) is 0 Å². The van der Waals surface area contributed by atoms with Crippen LogP contribution in [0.3, 0.4) is 0 Å². The monoisotopic (exact) mass is 500 g/mol. The second-order valence-corrected chi connectivity index (χ2v) is 16.4. The second kappa shape index (κ2) is 10.9. The summed E-state index contributed by atoms with van der Waals surface area (Å²) in [4.78, 5) is 22.2. The Hall–Kier alpha value is -2.80. The topological polar surface area (TPSA) is 93.1 Å². The summed E-state index contributed by atoms with van der Waals surface area (Å²) in [6, 6.07) is 11.9. The predicted molar refractivity (Wildman–Crippen MR) is 141 cm³/mol. The number of carbonyl (C=O) groups excluding carboxylic acids is 1. The molecule has 0 fully saturated rings. The Balaban J connectivity index is 2.12. The molecule has 0 bridgehead atoms. The van der Waals surface area contributed by atoms with Crippen molar-refractivity contribution >= 4 is 25.2 Å². The zero-order valence-electron chi connectivity index (χ0n) is 22.3. The summed E-state index contributed by atoms with van der Waals surface area (Å²) in [6.45, 7) is 17.1. The predicted octanol–water partition coefficient (Wildman–Crippen LogP) is 5.43. The van der Waals surface area contributed by atoms with Crippen LogP contribution in [-0.4, -0.2) is 36.5 Å². The summed E-state index contributed by atoms with van der Waals surface area (Å²) in [5.74, 6) is -0.425. The Labute approximate surface area is 210 Å². The maximum atomic E-state index is 11.6. The van der Waals surface area contributed by atoms with Gasteiger partial charge < -0.3 is 19.7 Å². The van der Waals surface area contributed by atoms with Crippen molar-refractivity contribution in [3.8, 4) is 11.5 Å². The summed E-state index contributed by atoms with van der Waals surface area (Å²) in [6.07, 6.45) is 0.220. The van der Waals surface area contributed by atoms with Gasteiger partial charge in [-0.05, 0) is 28.5 Å². The molecule has 0 saturated heterocycles. The van der Waals surface area contributed by atoms with Gasteiger partial charge >= 0.3 is 11.9 Å². The summed E-state index contributed by atoms with van der Waals surface area (Å²) in [7, 11) is -1.95. The lowest BCUT2D eigenvalue weighted by atomic mass is 9.79. The standard InChI is InChI=1S/C28H40O6Si/c1-27(2,3)22-15-20(16-23(26(22)32)28(4,5)6)34-18-35(7,8)21-11-9-19(10-12-21)17-33-25(31)14-13-24(29)30/h9-12,15-16,32H,13-14,17-18H2,1-8H3,(H,29,30). The van der Waals surface area contributed by atoms with Gasteiger partial charge in [0.15, 0.2) is 0 Å². The number of phenols is 1. The molecule has 0 radical (unpaired) electrons. The molecule has 0 saturated carbocycles. The lowest BCUT2D eigenvalue weighted by molar-refractivity contribution is -0.148. The molecule has 0 amide bonds. The number of carboxylic acid groups (broad SMARTS) is 1. The molecule has 0 aromatic heterocycles. The van der Waals surface area contributed by atoms with Crippen LogP contribution in [0.25, 0.3) is 0 Å². The summed E-state index contributed by atoms with van der Waals surface area (Å²) in [5.41, 5.74) is 2.17. The van der Waals surface area contributed by atoms with Gasteiger partial charge in [0.25, 0.3) is 0 Å². The fourth-order valence-corrected chi connectivity index (χ4v) is 5.44. The third-order valence-corrected chi connectivity index (χ3v) is 8.74. The van der Waals surface area contributed by atoms with E-state index in [-0.39, 0.29) is 30.3 Å². The second-order valence-electron chi connectivity index (χ2n) is 11.8. The fourth-order valence-electron chi connectivity index (χ4n) is 3.68. The van der Waals surface area contributed by atoms with E-state index in [4.69, 9.17) is 14.6 Å². The largest absolute Gasteiger partial charge is 0.507 e. The number of esters is 1. The van der Waals surface area contributed by atoms with Crippen molar-refractivity contribution < 1.29 is 29.3 Å². The smallest absolute Gasteiger partial charge is 0.306 e. The highest BCUT2D eigenvalue weighted by atomic mass is 28.3. The highest BCUT2D eigenvalue weighted by molar-refractivity contribution is 6.89. The highest BCUT2D eigenvalue weighted by Crippen LogP contribution is 2.41. The molecule has 7 heteroatoms. The Bertz CT molecular complexity index is 1010. The molecule has 0 unspecified atom stereocenters. The van der Waals surface area contributed by atoms with Crippen LogP contribution in [0.2, 0.25) is 13.1 Å². The first-order valence-corrected chi connectivity index (χ1v) is 15.2. The minimum absolute atomic E-state index is 0.121. The number of carbonyl (C=O) groups is 2. The molecule has 192 valence electrons. The number of hydrogen-bond donors (Lipinski definition) is 2. The molecule has 2 aromatic rings. The van der Waals surface area contributed by atoms with E-state index in [1.807, 2.05) is 36.4 Å². The van der Waals surface area contributed by atoms with Crippen molar-refractivity contribution in [2.75, 3.05) is 6.23 Å². The molecule has 0 aliphatic heterocycles.